The van der Waals surface area contributed by atoms with E-state index < -0.39 is 17.9 Å². The van der Waals surface area contributed by atoms with Crippen LogP contribution in [0.4, 0.5) is 4.39 Å². The second-order valence-electron chi connectivity index (χ2n) is 5.71. The van der Waals surface area contributed by atoms with E-state index in [2.05, 4.69) is 5.32 Å². The molecule has 0 aromatic heterocycles. The molecule has 1 saturated carbocycles. The number of carbonyl (C=O) groups is 2. The number of benzene rings is 1. The smallest absolute Gasteiger partial charge is 0.245 e. The van der Waals surface area contributed by atoms with Crippen molar-refractivity contribution in [2.24, 2.45) is 5.92 Å². The van der Waals surface area contributed by atoms with Gasteiger partial charge in [0.15, 0.2) is 0 Å². The standard InChI is InChI=1S/C15H16ClFN2O2/c1-8-15(21)19(13(9-2-3-9)14(20)18-8)7-10-4-5-11(17)6-12(10)16/h4-6,8-9,13H,2-3,7H2,1H3,(H,18,20). The predicted molar refractivity (Wildman–Crippen MR) is 76.1 cm³/mol. The number of piperazine rings is 1. The van der Waals surface area contributed by atoms with Crippen molar-refractivity contribution in [3.05, 3.63) is 34.6 Å². The molecule has 2 unspecified atom stereocenters. The minimum Gasteiger partial charge on any atom is -0.343 e. The van der Waals surface area contributed by atoms with Crippen molar-refractivity contribution in [3.8, 4) is 0 Å². The first-order chi connectivity index (χ1) is 9.97. The third-order valence-corrected chi connectivity index (χ3v) is 4.39. The van der Waals surface area contributed by atoms with Crippen molar-refractivity contribution >= 4 is 23.4 Å². The first-order valence-electron chi connectivity index (χ1n) is 7.02. The molecule has 2 amide bonds. The lowest BCUT2D eigenvalue weighted by molar-refractivity contribution is -0.150. The van der Waals surface area contributed by atoms with Crippen LogP contribution in [-0.2, 0) is 16.1 Å². The minimum atomic E-state index is -0.535. The molecule has 1 aromatic carbocycles. The molecule has 2 fully saturated rings. The largest absolute Gasteiger partial charge is 0.343 e. The van der Waals surface area contributed by atoms with Crippen LogP contribution in [0.5, 0.6) is 0 Å². The summed E-state index contributed by atoms with van der Waals surface area (Å²) in [4.78, 5) is 26.1. The zero-order valence-electron chi connectivity index (χ0n) is 11.6. The Morgan fingerprint density at radius 2 is 2.10 bits per heavy atom. The van der Waals surface area contributed by atoms with Crippen molar-refractivity contribution < 1.29 is 14.0 Å². The van der Waals surface area contributed by atoms with Crippen LogP contribution in [0.3, 0.4) is 0 Å². The third kappa shape index (κ3) is 2.75. The van der Waals surface area contributed by atoms with E-state index in [1.807, 2.05) is 0 Å². The highest BCUT2D eigenvalue weighted by Gasteiger charge is 2.46. The molecular weight excluding hydrogens is 295 g/mol. The Morgan fingerprint density at radius 3 is 2.71 bits per heavy atom. The molecule has 0 spiro atoms. The third-order valence-electron chi connectivity index (χ3n) is 4.04. The summed E-state index contributed by atoms with van der Waals surface area (Å²) in [7, 11) is 0. The Balaban J connectivity index is 1.88. The van der Waals surface area contributed by atoms with Gasteiger partial charge in [0.2, 0.25) is 11.8 Å². The summed E-state index contributed by atoms with van der Waals surface area (Å²) in [6, 6.07) is 3.12. The number of hydrogen-bond acceptors (Lipinski definition) is 2. The number of nitrogens with zero attached hydrogens (tertiary/aromatic N) is 1. The molecule has 1 heterocycles. The summed E-state index contributed by atoms with van der Waals surface area (Å²) >= 11 is 6.03. The number of nitrogens with one attached hydrogen (secondary N) is 1. The SMILES string of the molecule is CC1NC(=O)C(C2CC2)N(Cc2ccc(F)cc2Cl)C1=O. The maximum Gasteiger partial charge on any atom is 0.245 e. The Kier molecular flexibility index (Phi) is 3.61. The number of halogens is 2. The molecule has 2 atom stereocenters. The molecule has 0 bridgehead atoms. The van der Waals surface area contributed by atoms with Crippen molar-refractivity contribution in [2.75, 3.05) is 0 Å². The van der Waals surface area contributed by atoms with Crippen LogP contribution in [0.25, 0.3) is 0 Å². The van der Waals surface area contributed by atoms with Gasteiger partial charge in [0.25, 0.3) is 0 Å². The molecular formula is C15H16ClFN2O2. The lowest BCUT2D eigenvalue weighted by atomic mass is 10.0. The van der Waals surface area contributed by atoms with E-state index in [0.717, 1.165) is 12.8 Å². The van der Waals surface area contributed by atoms with Gasteiger partial charge < -0.3 is 10.2 Å². The van der Waals surface area contributed by atoms with Crippen molar-refractivity contribution in [1.29, 1.82) is 0 Å². The van der Waals surface area contributed by atoms with Gasteiger partial charge in [-0.15, -0.1) is 0 Å². The van der Waals surface area contributed by atoms with Crippen LogP contribution >= 0.6 is 11.6 Å². The van der Waals surface area contributed by atoms with E-state index in [1.54, 1.807) is 17.9 Å². The fraction of sp³-hybridized carbons (Fsp3) is 0.467. The van der Waals surface area contributed by atoms with Crippen LogP contribution < -0.4 is 5.32 Å². The molecule has 2 aliphatic rings. The molecule has 6 heteroatoms. The molecule has 1 aliphatic heterocycles. The Morgan fingerprint density at radius 1 is 1.38 bits per heavy atom. The molecule has 1 saturated heterocycles. The minimum absolute atomic E-state index is 0.108. The number of carbonyl (C=O) groups excluding carboxylic acids is 2. The molecule has 1 N–H and O–H groups in total. The fourth-order valence-corrected chi connectivity index (χ4v) is 3.01. The van der Waals surface area contributed by atoms with Gasteiger partial charge in [-0.05, 0) is 43.4 Å². The summed E-state index contributed by atoms with van der Waals surface area (Å²) in [5.74, 6) is -0.422. The summed E-state index contributed by atoms with van der Waals surface area (Å²) < 4.78 is 13.1. The van der Waals surface area contributed by atoms with E-state index in [-0.39, 0.29) is 29.3 Å². The van der Waals surface area contributed by atoms with Crippen molar-refractivity contribution in [3.63, 3.8) is 0 Å². The number of rotatable bonds is 3. The average Bonchev–Trinajstić information content (AvgIpc) is 3.23. The Hall–Kier alpha value is -1.62. The molecule has 1 aliphatic carbocycles. The van der Waals surface area contributed by atoms with Crippen LogP contribution in [0, 0.1) is 11.7 Å². The predicted octanol–water partition coefficient (Wildman–Crippen LogP) is 2.10. The van der Waals surface area contributed by atoms with Gasteiger partial charge in [0.1, 0.15) is 17.9 Å². The first-order valence-corrected chi connectivity index (χ1v) is 7.40. The van der Waals surface area contributed by atoms with E-state index in [9.17, 15) is 14.0 Å². The molecule has 3 rings (SSSR count). The zero-order chi connectivity index (χ0) is 15.1. The molecule has 1 aromatic rings. The molecule has 112 valence electrons. The van der Waals surface area contributed by atoms with Gasteiger partial charge in [-0.1, -0.05) is 17.7 Å². The van der Waals surface area contributed by atoms with Crippen molar-refractivity contribution in [1.82, 2.24) is 10.2 Å². The van der Waals surface area contributed by atoms with Crippen LogP contribution in [-0.4, -0.2) is 28.8 Å². The van der Waals surface area contributed by atoms with Gasteiger partial charge in [-0.2, -0.15) is 0 Å². The van der Waals surface area contributed by atoms with Crippen LogP contribution in [0.1, 0.15) is 25.3 Å². The quantitative estimate of drug-likeness (QED) is 0.929. The van der Waals surface area contributed by atoms with Crippen LogP contribution in [0.2, 0.25) is 5.02 Å². The fourth-order valence-electron chi connectivity index (χ4n) is 2.78. The highest BCUT2D eigenvalue weighted by atomic mass is 35.5. The number of hydrogen-bond donors (Lipinski definition) is 1. The van der Waals surface area contributed by atoms with Gasteiger partial charge in [0, 0.05) is 11.6 Å². The van der Waals surface area contributed by atoms with Gasteiger partial charge in [0.05, 0.1) is 0 Å². The Labute approximate surface area is 127 Å². The maximum atomic E-state index is 13.1. The van der Waals surface area contributed by atoms with E-state index >= 15 is 0 Å². The topological polar surface area (TPSA) is 49.4 Å². The van der Waals surface area contributed by atoms with Gasteiger partial charge >= 0.3 is 0 Å². The van der Waals surface area contributed by atoms with Gasteiger partial charge in [-0.25, -0.2) is 4.39 Å². The summed E-state index contributed by atoms with van der Waals surface area (Å²) in [5.41, 5.74) is 0.652. The zero-order valence-corrected chi connectivity index (χ0v) is 12.4. The summed E-state index contributed by atoms with van der Waals surface area (Å²) in [5, 5.41) is 2.99. The maximum absolute atomic E-state index is 13.1. The highest BCUT2D eigenvalue weighted by Crippen LogP contribution is 2.38. The van der Waals surface area contributed by atoms with Gasteiger partial charge in [-0.3, -0.25) is 9.59 Å². The van der Waals surface area contributed by atoms with Crippen LogP contribution in [0.15, 0.2) is 18.2 Å². The molecule has 0 radical (unpaired) electrons. The van der Waals surface area contributed by atoms with E-state index in [4.69, 9.17) is 11.6 Å². The van der Waals surface area contributed by atoms with Crippen molar-refractivity contribution in [2.45, 2.75) is 38.4 Å². The lowest BCUT2D eigenvalue weighted by Gasteiger charge is -2.38. The second kappa shape index (κ2) is 5.30. The monoisotopic (exact) mass is 310 g/mol. The average molecular weight is 311 g/mol. The lowest BCUT2D eigenvalue weighted by Crippen LogP contribution is -2.62. The van der Waals surface area contributed by atoms with E-state index in [0.29, 0.717) is 5.56 Å². The second-order valence-corrected chi connectivity index (χ2v) is 6.12. The highest BCUT2D eigenvalue weighted by molar-refractivity contribution is 6.31. The molecule has 4 nitrogen and oxygen atoms in total. The molecule has 21 heavy (non-hydrogen) atoms. The summed E-state index contributed by atoms with van der Waals surface area (Å²) in [6.07, 6.45) is 1.90. The normalized spacial score (nSPS) is 26.0. The summed E-state index contributed by atoms with van der Waals surface area (Å²) in [6.45, 7) is 1.90. The number of amides is 2. The van der Waals surface area contributed by atoms with E-state index in [1.165, 1.54) is 12.1 Å². The first kappa shape index (κ1) is 14.3. The Bertz CT molecular complexity index is 603.